The van der Waals surface area contributed by atoms with E-state index >= 15 is 0 Å². The maximum atomic E-state index is 6.29. The molecule has 1 aromatic heterocycles. The smallest absolute Gasteiger partial charge is 0.131 e. The minimum Gasteiger partial charge on any atom is -0.383 e. The lowest BCUT2D eigenvalue weighted by atomic mass is 10.1. The second-order valence-corrected chi connectivity index (χ2v) is 6.11. The Morgan fingerprint density at radius 2 is 2.21 bits per heavy atom. The summed E-state index contributed by atoms with van der Waals surface area (Å²) >= 11 is 9.55. The molecule has 1 aliphatic rings. The Hall–Kier alpha value is -1.00. The lowest BCUT2D eigenvalue weighted by molar-refractivity contribution is 0.696. The van der Waals surface area contributed by atoms with Crippen molar-refractivity contribution in [3.8, 4) is 11.3 Å². The van der Waals surface area contributed by atoms with Crippen molar-refractivity contribution in [2.75, 3.05) is 5.73 Å². The number of rotatable bonds is 3. The van der Waals surface area contributed by atoms with Crippen molar-refractivity contribution in [1.82, 2.24) is 9.55 Å². The predicted octanol–water partition coefficient (Wildman–Crippen LogP) is 4.45. The van der Waals surface area contributed by atoms with Gasteiger partial charge in [-0.15, -0.1) is 0 Å². The molecule has 19 heavy (non-hydrogen) atoms. The fourth-order valence-corrected chi connectivity index (χ4v) is 2.77. The van der Waals surface area contributed by atoms with Gasteiger partial charge in [-0.05, 0) is 40.9 Å². The van der Waals surface area contributed by atoms with E-state index in [2.05, 4.69) is 27.4 Å². The van der Waals surface area contributed by atoms with Crippen LogP contribution in [0.25, 0.3) is 11.3 Å². The monoisotopic (exact) mass is 339 g/mol. The van der Waals surface area contributed by atoms with Crippen molar-refractivity contribution in [3.63, 3.8) is 0 Å². The van der Waals surface area contributed by atoms with Crippen molar-refractivity contribution >= 4 is 33.3 Å². The van der Waals surface area contributed by atoms with Crippen LogP contribution in [0.4, 0.5) is 5.82 Å². The van der Waals surface area contributed by atoms with Crippen molar-refractivity contribution in [3.05, 3.63) is 33.5 Å². The van der Waals surface area contributed by atoms with Gasteiger partial charge >= 0.3 is 0 Å². The van der Waals surface area contributed by atoms with Crippen LogP contribution >= 0.6 is 27.5 Å². The molecule has 1 heterocycles. The summed E-state index contributed by atoms with van der Waals surface area (Å²) in [5, 5.41) is 0.677. The van der Waals surface area contributed by atoms with Gasteiger partial charge in [-0.2, -0.15) is 0 Å². The summed E-state index contributed by atoms with van der Waals surface area (Å²) in [6.07, 6.45) is 3.30. The van der Waals surface area contributed by atoms with Crippen LogP contribution in [-0.2, 0) is 6.42 Å². The Labute approximate surface area is 125 Å². The fraction of sp³-hybridized carbons (Fsp3) is 0.357. The molecule has 0 spiro atoms. The molecular formula is C14H15BrClN3. The highest BCUT2D eigenvalue weighted by molar-refractivity contribution is 9.10. The zero-order chi connectivity index (χ0) is 13.6. The van der Waals surface area contributed by atoms with Crippen LogP contribution in [0.1, 0.15) is 31.6 Å². The molecule has 2 N–H and O–H groups in total. The number of imidazole rings is 1. The number of aromatic nitrogens is 2. The second kappa shape index (κ2) is 4.84. The third kappa shape index (κ3) is 2.28. The van der Waals surface area contributed by atoms with Gasteiger partial charge < -0.3 is 10.3 Å². The number of halogens is 2. The number of nitrogens with two attached hydrogens (primary N) is 1. The average Bonchev–Trinajstić information content (AvgIpc) is 3.17. The molecule has 0 bridgehead atoms. The van der Waals surface area contributed by atoms with Crippen molar-refractivity contribution < 1.29 is 0 Å². The molecular weight excluding hydrogens is 326 g/mol. The Morgan fingerprint density at radius 3 is 2.79 bits per heavy atom. The quantitative estimate of drug-likeness (QED) is 0.897. The van der Waals surface area contributed by atoms with Crippen molar-refractivity contribution in [1.29, 1.82) is 0 Å². The largest absolute Gasteiger partial charge is 0.383 e. The number of aryl methyl sites for hydroxylation is 1. The normalized spacial score (nSPS) is 14.9. The number of hydrogen-bond donors (Lipinski definition) is 1. The van der Waals surface area contributed by atoms with E-state index in [1.54, 1.807) is 0 Å². The van der Waals surface area contributed by atoms with E-state index in [-0.39, 0.29) is 0 Å². The lowest BCUT2D eigenvalue weighted by Gasteiger charge is -2.06. The van der Waals surface area contributed by atoms with Gasteiger partial charge in [-0.25, -0.2) is 4.98 Å². The number of hydrogen-bond acceptors (Lipinski definition) is 2. The number of nitrogen functional groups attached to an aromatic ring is 1. The van der Waals surface area contributed by atoms with E-state index in [0.29, 0.717) is 11.1 Å². The first-order valence-electron chi connectivity index (χ1n) is 6.43. The molecule has 1 aliphatic carbocycles. The van der Waals surface area contributed by atoms with Crippen molar-refractivity contribution in [2.45, 2.75) is 32.2 Å². The number of nitrogens with zero attached hydrogens (tertiary/aromatic N) is 2. The molecule has 5 heteroatoms. The van der Waals surface area contributed by atoms with Crippen LogP contribution in [0.3, 0.4) is 0 Å². The SMILES string of the molecule is CCc1nc(-c2ccc(Br)c(Cl)c2)c(N)n1C1CC1. The maximum absolute atomic E-state index is 6.29. The summed E-state index contributed by atoms with van der Waals surface area (Å²) in [6, 6.07) is 6.37. The molecule has 1 fully saturated rings. The standard InChI is InChI=1S/C14H15BrClN3/c1-2-12-18-13(14(17)19(12)9-4-5-9)8-3-6-10(15)11(16)7-8/h3,6-7,9H,2,4-5,17H2,1H3. The first kappa shape index (κ1) is 13.0. The lowest BCUT2D eigenvalue weighted by Crippen LogP contribution is -2.04. The van der Waals surface area contributed by atoms with Crippen LogP contribution in [0.2, 0.25) is 5.02 Å². The van der Waals surface area contributed by atoms with Crippen LogP contribution in [0.5, 0.6) is 0 Å². The van der Waals surface area contributed by atoms with E-state index in [1.165, 1.54) is 12.8 Å². The summed E-state index contributed by atoms with van der Waals surface area (Å²) in [7, 11) is 0. The molecule has 2 aromatic rings. The van der Waals surface area contributed by atoms with Crippen molar-refractivity contribution in [2.24, 2.45) is 0 Å². The van der Waals surface area contributed by atoms with Gasteiger partial charge in [0.05, 0.1) is 5.02 Å². The van der Waals surface area contributed by atoms with Crippen LogP contribution in [0, 0.1) is 0 Å². The Morgan fingerprint density at radius 1 is 1.47 bits per heavy atom. The molecule has 1 saturated carbocycles. The van der Waals surface area contributed by atoms with Gasteiger partial charge in [-0.3, -0.25) is 0 Å². The molecule has 3 nitrogen and oxygen atoms in total. The summed E-state index contributed by atoms with van der Waals surface area (Å²) < 4.78 is 3.07. The summed E-state index contributed by atoms with van der Waals surface area (Å²) in [5.41, 5.74) is 8.10. The number of anilines is 1. The summed E-state index contributed by atoms with van der Waals surface area (Å²) in [6.45, 7) is 2.11. The first-order chi connectivity index (χ1) is 9.11. The molecule has 0 aliphatic heterocycles. The molecule has 0 radical (unpaired) electrons. The van der Waals surface area contributed by atoms with E-state index < -0.39 is 0 Å². The minimum absolute atomic E-state index is 0.544. The van der Waals surface area contributed by atoms with Gasteiger partial charge in [0, 0.05) is 22.5 Å². The third-order valence-corrected chi connectivity index (χ3v) is 4.67. The zero-order valence-electron chi connectivity index (χ0n) is 10.7. The third-order valence-electron chi connectivity index (χ3n) is 3.44. The van der Waals surface area contributed by atoms with Crippen LogP contribution < -0.4 is 5.73 Å². The summed E-state index contributed by atoms with van der Waals surface area (Å²) in [4.78, 5) is 4.69. The first-order valence-corrected chi connectivity index (χ1v) is 7.61. The Bertz CT molecular complexity index is 632. The Kier molecular flexibility index (Phi) is 3.31. The molecule has 100 valence electrons. The minimum atomic E-state index is 0.544. The maximum Gasteiger partial charge on any atom is 0.131 e. The highest BCUT2D eigenvalue weighted by atomic mass is 79.9. The second-order valence-electron chi connectivity index (χ2n) is 4.85. The molecule has 0 amide bonds. The van der Waals surface area contributed by atoms with E-state index in [0.717, 1.165) is 33.8 Å². The van der Waals surface area contributed by atoms with Gasteiger partial charge in [0.1, 0.15) is 17.3 Å². The zero-order valence-corrected chi connectivity index (χ0v) is 13.0. The highest BCUT2D eigenvalue weighted by Crippen LogP contribution is 2.41. The highest BCUT2D eigenvalue weighted by Gasteiger charge is 2.29. The van der Waals surface area contributed by atoms with Gasteiger partial charge in [0.15, 0.2) is 0 Å². The molecule has 3 rings (SSSR count). The predicted molar refractivity (Wildman–Crippen MR) is 82.4 cm³/mol. The molecule has 0 atom stereocenters. The fourth-order valence-electron chi connectivity index (χ4n) is 2.34. The topological polar surface area (TPSA) is 43.8 Å². The Balaban J connectivity index is 2.11. The van der Waals surface area contributed by atoms with Gasteiger partial charge in [0.2, 0.25) is 0 Å². The van der Waals surface area contributed by atoms with E-state index in [4.69, 9.17) is 22.3 Å². The van der Waals surface area contributed by atoms with Crippen LogP contribution in [0.15, 0.2) is 22.7 Å². The molecule has 0 unspecified atom stereocenters. The van der Waals surface area contributed by atoms with E-state index in [9.17, 15) is 0 Å². The average molecular weight is 341 g/mol. The van der Waals surface area contributed by atoms with E-state index in [1.807, 2.05) is 18.2 Å². The van der Waals surface area contributed by atoms with Crippen LogP contribution in [-0.4, -0.2) is 9.55 Å². The van der Waals surface area contributed by atoms with Gasteiger partial charge in [-0.1, -0.05) is 24.6 Å². The summed E-state index contributed by atoms with van der Waals surface area (Å²) in [5.74, 6) is 1.83. The molecule has 1 aromatic carbocycles. The molecule has 0 saturated heterocycles. The number of benzene rings is 1. The van der Waals surface area contributed by atoms with Gasteiger partial charge in [0.25, 0.3) is 0 Å².